The number of nitrogens with one attached hydrogen (secondary N) is 1. The minimum Gasteiger partial charge on any atom is -0.394 e. The molecule has 38 heavy (non-hydrogen) atoms. The largest absolute Gasteiger partial charge is 0.394 e. The summed E-state index contributed by atoms with van der Waals surface area (Å²) >= 11 is 6.24. The van der Waals surface area contributed by atoms with Crippen LogP contribution in [0.25, 0.3) is 10.9 Å². The Kier molecular flexibility index (Phi) is 6.91. The standard InChI is InChI=1S/C27H31ClN4O5S/c1-18(15-33)29-26(35)30-16-27(17-30)22-6-3-4-7-24(22)32(25(27)34)14-21-13-19-12-20(28)8-9-23(19)31(21)10-5-11-38(2,36)37/h3-4,6-9,12-13,18,33H,5,10-11,14-17H2,1-2H3,(H,29,35). The van der Waals surface area contributed by atoms with Crippen molar-refractivity contribution in [3.8, 4) is 0 Å². The molecule has 0 saturated carbocycles. The average Bonchev–Trinajstić information content (AvgIpc) is 3.29. The molecular formula is C27H31ClN4O5S. The van der Waals surface area contributed by atoms with Crippen LogP contribution in [0, 0.1) is 0 Å². The molecule has 2 aliphatic rings. The summed E-state index contributed by atoms with van der Waals surface area (Å²) in [7, 11) is -3.10. The van der Waals surface area contributed by atoms with Gasteiger partial charge < -0.3 is 24.8 Å². The molecule has 202 valence electrons. The van der Waals surface area contributed by atoms with E-state index < -0.39 is 15.3 Å². The van der Waals surface area contributed by atoms with Gasteiger partial charge in [0.1, 0.15) is 15.3 Å². The number of halogens is 1. The number of aliphatic hydroxyl groups excluding tert-OH is 1. The first kappa shape index (κ1) is 26.5. The van der Waals surface area contributed by atoms with Crippen LogP contribution in [0.5, 0.6) is 0 Å². The van der Waals surface area contributed by atoms with E-state index in [0.717, 1.165) is 27.8 Å². The summed E-state index contributed by atoms with van der Waals surface area (Å²) in [4.78, 5) is 29.9. The normalized spacial score (nSPS) is 17.1. The molecule has 3 aromatic rings. The number of urea groups is 1. The zero-order valence-electron chi connectivity index (χ0n) is 21.4. The number of para-hydroxylation sites is 1. The Labute approximate surface area is 226 Å². The number of hydrogen-bond acceptors (Lipinski definition) is 5. The predicted octanol–water partition coefficient (Wildman–Crippen LogP) is 2.92. The fraction of sp³-hybridized carbons (Fsp3) is 0.407. The molecule has 2 aliphatic heterocycles. The van der Waals surface area contributed by atoms with Gasteiger partial charge in [-0.1, -0.05) is 29.8 Å². The van der Waals surface area contributed by atoms with Gasteiger partial charge in [0.15, 0.2) is 0 Å². The Morgan fingerprint density at radius 1 is 1.18 bits per heavy atom. The third-order valence-corrected chi connectivity index (χ3v) is 8.65. The third kappa shape index (κ3) is 4.76. The summed E-state index contributed by atoms with van der Waals surface area (Å²) in [6.07, 6.45) is 1.68. The number of carbonyl (C=O) groups is 2. The molecule has 2 N–H and O–H groups in total. The number of aromatic nitrogens is 1. The van der Waals surface area contributed by atoms with Crippen molar-refractivity contribution >= 4 is 50.0 Å². The third-order valence-electron chi connectivity index (χ3n) is 7.38. The lowest BCUT2D eigenvalue weighted by molar-refractivity contribution is -0.127. The summed E-state index contributed by atoms with van der Waals surface area (Å²) in [5, 5.41) is 13.5. The van der Waals surface area contributed by atoms with Gasteiger partial charge >= 0.3 is 6.03 Å². The molecule has 0 radical (unpaired) electrons. The lowest BCUT2D eigenvalue weighted by Gasteiger charge is -2.46. The molecule has 9 nitrogen and oxygen atoms in total. The van der Waals surface area contributed by atoms with Gasteiger partial charge in [-0.3, -0.25) is 4.79 Å². The van der Waals surface area contributed by atoms with Crippen molar-refractivity contribution in [2.45, 2.75) is 37.9 Å². The van der Waals surface area contributed by atoms with Crippen molar-refractivity contribution in [2.75, 3.05) is 36.6 Å². The van der Waals surface area contributed by atoms with Crippen LogP contribution in [-0.2, 0) is 33.1 Å². The Bertz CT molecular complexity index is 1510. The molecule has 5 rings (SSSR count). The van der Waals surface area contributed by atoms with Crippen LogP contribution in [0.1, 0.15) is 24.6 Å². The highest BCUT2D eigenvalue weighted by Crippen LogP contribution is 2.48. The summed E-state index contributed by atoms with van der Waals surface area (Å²) in [5.41, 5.74) is 2.70. The number of amides is 3. The molecule has 0 aliphatic carbocycles. The molecule has 1 fully saturated rings. The Morgan fingerprint density at radius 3 is 2.63 bits per heavy atom. The number of aliphatic hydroxyl groups is 1. The molecule has 3 amide bonds. The average molecular weight is 559 g/mol. The number of sulfone groups is 1. The van der Waals surface area contributed by atoms with Crippen LogP contribution in [0.4, 0.5) is 10.5 Å². The van der Waals surface area contributed by atoms with E-state index >= 15 is 0 Å². The Hall–Kier alpha value is -3.08. The van der Waals surface area contributed by atoms with Crippen molar-refractivity contribution < 1.29 is 23.1 Å². The van der Waals surface area contributed by atoms with Gasteiger partial charge in [-0.25, -0.2) is 13.2 Å². The number of carbonyl (C=O) groups excluding carboxylic acids is 2. The van der Waals surface area contributed by atoms with Gasteiger partial charge in [0.2, 0.25) is 5.91 Å². The number of fused-ring (bicyclic) bond motifs is 3. The van der Waals surface area contributed by atoms with Gasteiger partial charge in [0.05, 0.1) is 24.9 Å². The minimum absolute atomic E-state index is 0.0658. The highest BCUT2D eigenvalue weighted by atomic mass is 35.5. The van der Waals surface area contributed by atoms with Crippen LogP contribution in [-0.4, -0.2) is 72.7 Å². The number of rotatable bonds is 8. The second-order valence-corrected chi connectivity index (χ2v) is 13.0. The van der Waals surface area contributed by atoms with Gasteiger partial charge in [-0.2, -0.15) is 0 Å². The number of anilines is 1. The number of benzene rings is 2. The first-order valence-electron chi connectivity index (χ1n) is 12.6. The lowest BCUT2D eigenvalue weighted by atomic mass is 9.75. The van der Waals surface area contributed by atoms with Gasteiger partial charge in [-0.05, 0) is 49.2 Å². The topological polar surface area (TPSA) is 112 Å². The van der Waals surface area contributed by atoms with Crippen LogP contribution in [0.15, 0.2) is 48.5 Å². The van der Waals surface area contributed by atoms with Gasteiger partial charge in [0.25, 0.3) is 0 Å². The van der Waals surface area contributed by atoms with E-state index in [1.807, 2.05) is 42.5 Å². The molecule has 3 heterocycles. The molecule has 2 aromatic carbocycles. The maximum atomic E-state index is 14.0. The van der Waals surface area contributed by atoms with E-state index in [-0.39, 0.29) is 43.4 Å². The molecule has 1 saturated heterocycles. The highest BCUT2D eigenvalue weighted by Gasteiger charge is 2.59. The Balaban J connectivity index is 1.44. The van der Waals surface area contributed by atoms with Crippen molar-refractivity contribution in [1.82, 2.24) is 14.8 Å². The van der Waals surface area contributed by atoms with E-state index in [4.69, 9.17) is 11.6 Å². The van der Waals surface area contributed by atoms with Crippen LogP contribution < -0.4 is 10.2 Å². The van der Waals surface area contributed by atoms with Crippen LogP contribution >= 0.6 is 11.6 Å². The zero-order valence-corrected chi connectivity index (χ0v) is 22.9. The molecule has 11 heteroatoms. The van der Waals surface area contributed by atoms with Crippen molar-refractivity contribution in [3.05, 3.63) is 64.8 Å². The number of hydrogen-bond donors (Lipinski definition) is 2. The molecule has 1 atom stereocenters. The predicted molar refractivity (Wildman–Crippen MR) is 147 cm³/mol. The van der Waals surface area contributed by atoms with E-state index in [1.54, 1.807) is 22.8 Å². The first-order valence-corrected chi connectivity index (χ1v) is 15.0. The second kappa shape index (κ2) is 9.91. The second-order valence-electron chi connectivity index (χ2n) is 10.4. The summed E-state index contributed by atoms with van der Waals surface area (Å²) in [6.45, 7) is 2.86. The molecule has 1 aromatic heterocycles. The SMILES string of the molecule is CC(CO)NC(=O)N1CC2(C1)C(=O)N(Cc1cc3cc(Cl)ccc3n1CCCS(C)(=O)=O)c1ccccc12. The highest BCUT2D eigenvalue weighted by molar-refractivity contribution is 7.90. The van der Waals surface area contributed by atoms with Crippen LogP contribution in [0.3, 0.4) is 0 Å². The van der Waals surface area contributed by atoms with Crippen molar-refractivity contribution in [2.24, 2.45) is 0 Å². The van der Waals surface area contributed by atoms with E-state index in [2.05, 4.69) is 9.88 Å². The summed E-state index contributed by atoms with van der Waals surface area (Å²) < 4.78 is 25.6. The quantitative estimate of drug-likeness (QED) is 0.441. The van der Waals surface area contributed by atoms with E-state index in [1.165, 1.54) is 6.26 Å². The fourth-order valence-corrected chi connectivity index (χ4v) is 6.33. The lowest BCUT2D eigenvalue weighted by Crippen LogP contribution is -2.67. The summed E-state index contributed by atoms with van der Waals surface area (Å²) in [5.74, 6) is 0.00472. The Morgan fingerprint density at radius 2 is 1.92 bits per heavy atom. The first-order chi connectivity index (χ1) is 18.0. The van der Waals surface area contributed by atoms with Crippen LogP contribution in [0.2, 0.25) is 5.02 Å². The fourth-order valence-electron chi connectivity index (χ4n) is 5.50. The molecule has 1 spiro atoms. The number of aryl methyl sites for hydroxylation is 1. The minimum atomic E-state index is -3.10. The van der Waals surface area contributed by atoms with Gasteiger partial charge in [-0.15, -0.1) is 0 Å². The van der Waals surface area contributed by atoms with E-state index in [0.29, 0.717) is 24.5 Å². The molecule has 1 unspecified atom stereocenters. The van der Waals surface area contributed by atoms with E-state index in [9.17, 15) is 23.1 Å². The van der Waals surface area contributed by atoms with Crippen molar-refractivity contribution in [3.63, 3.8) is 0 Å². The zero-order chi connectivity index (χ0) is 27.2. The smallest absolute Gasteiger partial charge is 0.317 e. The molecule has 0 bridgehead atoms. The molecular weight excluding hydrogens is 528 g/mol. The maximum absolute atomic E-state index is 14.0. The summed E-state index contributed by atoms with van der Waals surface area (Å²) in [6, 6.07) is 14.6. The monoisotopic (exact) mass is 558 g/mol. The number of nitrogens with zero attached hydrogens (tertiary/aromatic N) is 3. The number of likely N-dealkylation sites (tertiary alicyclic amines) is 1. The maximum Gasteiger partial charge on any atom is 0.317 e. The van der Waals surface area contributed by atoms with Gasteiger partial charge in [0, 0.05) is 53.2 Å². The van der Waals surface area contributed by atoms with Crippen molar-refractivity contribution in [1.29, 1.82) is 0 Å².